The van der Waals surface area contributed by atoms with Gasteiger partial charge in [0, 0.05) is 37.8 Å². The summed E-state index contributed by atoms with van der Waals surface area (Å²) in [5.74, 6) is -0.0925. The molecule has 3 aromatic carbocycles. The molecule has 0 radical (unpaired) electrons. The van der Waals surface area contributed by atoms with Gasteiger partial charge < -0.3 is 5.32 Å². The molecule has 1 aliphatic heterocycles. The summed E-state index contributed by atoms with van der Waals surface area (Å²) in [6, 6.07) is 23.8. The summed E-state index contributed by atoms with van der Waals surface area (Å²) in [6.45, 7) is 5.08. The Morgan fingerprint density at radius 2 is 1.77 bits per heavy atom. The molecule has 160 valence electrons. The van der Waals surface area contributed by atoms with Crippen molar-refractivity contribution >= 4 is 5.78 Å². The Hall–Kier alpha value is -2.82. The molecule has 31 heavy (non-hydrogen) atoms. The fourth-order valence-electron chi connectivity index (χ4n) is 4.35. The molecule has 0 aliphatic carbocycles. The third kappa shape index (κ3) is 5.66. The minimum absolute atomic E-state index is 0.0949. The summed E-state index contributed by atoms with van der Waals surface area (Å²) in [7, 11) is 0. The van der Waals surface area contributed by atoms with Gasteiger partial charge in [-0.1, -0.05) is 54.6 Å². The van der Waals surface area contributed by atoms with Crippen molar-refractivity contribution in [1.82, 2.24) is 10.2 Å². The van der Waals surface area contributed by atoms with Gasteiger partial charge in [-0.3, -0.25) is 9.69 Å². The van der Waals surface area contributed by atoms with Gasteiger partial charge in [0.05, 0.1) is 0 Å². The highest BCUT2D eigenvalue weighted by Crippen LogP contribution is 2.25. The lowest BCUT2D eigenvalue weighted by Crippen LogP contribution is -2.44. The van der Waals surface area contributed by atoms with Gasteiger partial charge in [-0.2, -0.15) is 0 Å². The van der Waals surface area contributed by atoms with Crippen molar-refractivity contribution in [2.24, 2.45) is 0 Å². The number of carbonyl (C=O) groups excluding carboxylic acids is 1. The molecular formula is C27H29FN2O. The first kappa shape index (κ1) is 21.4. The number of hydrogen-bond acceptors (Lipinski definition) is 3. The normalized spacial score (nSPS) is 16.1. The lowest BCUT2D eigenvalue weighted by atomic mass is 9.90. The third-order valence-electron chi connectivity index (χ3n) is 6.09. The number of Topliss-reactive ketones (excluding diaryl/α,β-unsaturated/α-hetero) is 1. The Balaban J connectivity index is 1.38. The molecule has 0 aromatic heterocycles. The summed E-state index contributed by atoms with van der Waals surface area (Å²) < 4.78 is 13.3. The number of hydrogen-bond donors (Lipinski definition) is 1. The summed E-state index contributed by atoms with van der Waals surface area (Å²) in [4.78, 5) is 14.1. The smallest absolute Gasteiger partial charge is 0.159 e. The van der Waals surface area contributed by atoms with Crippen LogP contribution in [0.15, 0.2) is 72.8 Å². The molecular weight excluding hydrogens is 387 g/mol. The Kier molecular flexibility index (Phi) is 6.90. The summed E-state index contributed by atoms with van der Waals surface area (Å²) in [5.41, 5.74) is 5.86. The van der Waals surface area contributed by atoms with Crippen LogP contribution in [0, 0.1) is 5.82 Å². The molecule has 0 saturated carbocycles. The molecule has 3 nitrogen and oxygen atoms in total. The fourth-order valence-corrected chi connectivity index (χ4v) is 4.35. The van der Waals surface area contributed by atoms with Gasteiger partial charge in [-0.25, -0.2) is 4.39 Å². The molecule has 0 saturated heterocycles. The molecule has 4 heteroatoms. The average molecular weight is 417 g/mol. The van der Waals surface area contributed by atoms with E-state index < -0.39 is 0 Å². The van der Waals surface area contributed by atoms with Crippen LogP contribution in [0.2, 0.25) is 0 Å². The zero-order valence-corrected chi connectivity index (χ0v) is 18.0. The van der Waals surface area contributed by atoms with E-state index in [9.17, 15) is 9.18 Å². The van der Waals surface area contributed by atoms with Gasteiger partial charge in [-0.05, 0) is 60.2 Å². The first-order valence-corrected chi connectivity index (χ1v) is 10.9. The maximum atomic E-state index is 13.3. The van der Waals surface area contributed by atoms with E-state index in [-0.39, 0.29) is 11.6 Å². The lowest BCUT2D eigenvalue weighted by Gasteiger charge is -2.37. The Morgan fingerprint density at radius 1 is 1.00 bits per heavy atom. The zero-order valence-electron chi connectivity index (χ0n) is 18.0. The van der Waals surface area contributed by atoms with Crippen molar-refractivity contribution in [2.45, 2.75) is 38.9 Å². The van der Waals surface area contributed by atoms with Crippen LogP contribution >= 0.6 is 0 Å². The highest BCUT2D eigenvalue weighted by molar-refractivity contribution is 5.94. The topological polar surface area (TPSA) is 32.3 Å². The van der Waals surface area contributed by atoms with Crippen molar-refractivity contribution in [2.75, 3.05) is 13.1 Å². The van der Waals surface area contributed by atoms with Crippen molar-refractivity contribution in [1.29, 1.82) is 0 Å². The predicted molar refractivity (Wildman–Crippen MR) is 123 cm³/mol. The minimum atomic E-state index is -0.187. The second-order valence-corrected chi connectivity index (χ2v) is 8.36. The summed E-state index contributed by atoms with van der Waals surface area (Å²) >= 11 is 0. The van der Waals surface area contributed by atoms with Crippen molar-refractivity contribution in [3.05, 3.63) is 106 Å². The van der Waals surface area contributed by atoms with Crippen LogP contribution in [-0.4, -0.2) is 29.8 Å². The van der Waals surface area contributed by atoms with E-state index in [1.165, 1.54) is 16.7 Å². The maximum absolute atomic E-state index is 13.3. The van der Waals surface area contributed by atoms with E-state index in [0.717, 1.165) is 50.1 Å². The number of ketones is 1. The monoisotopic (exact) mass is 416 g/mol. The van der Waals surface area contributed by atoms with Gasteiger partial charge in [0.1, 0.15) is 5.82 Å². The van der Waals surface area contributed by atoms with E-state index in [0.29, 0.717) is 6.04 Å². The number of fused-ring (bicyclic) bond motifs is 1. The Bertz CT molecular complexity index is 1030. The molecule has 1 heterocycles. The first-order chi connectivity index (χ1) is 15.1. The van der Waals surface area contributed by atoms with Crippen LogP contribution < -0.4 is 5.32 Å². The minimum Gasteiger partial charge on any atom is -0.311 e. The van der Waals surface area contributed by atoms with E-state index in [2.05, 4.69) is 34.5 Å². The van der Waals surface area contributed by atoms with Crippen LogP contribution in [0.25, 0.3) is 0 Å². The Labute approximate surface area is 183 Å². The van der Waals surface area contributed by atoms with Crippen molar-refractivity contribution in [3.63, 3.8) is 0 Å². The number of rotatable bonds is 8. The average Bonchev–Trinajstić information content (AvgIpc) is 2.78. The summed E-state index contributed by atoms with van der Waals surface area (Å²) in [5, 5.41) is 3.53. The van der Waals surface area contributed by atoms with E-state index >= 15 is 0 Å². The fraction of sp³-hybridized carbons (Fsp3) is 0.296. The van der Waals surface area contributed by atoms with Gasteiger partial charge >= 0.3 is 0 Å². The van der Waals surface area contributed by atoms with Crippen molar-refractivity contribution in [3.8, 4) is 0 Å². The number of halogens is 1. The van der Waals surface area contributed by atoms with Crippen LogP contribution in [-0.2, 0) is 25.9 Å². The standard InChI is InChI=1S/C27H29FN2O/c1-20(31)23-8-4-5-22(15-23)18-29-13-14-30-19-25-7-3-2-6-24(25)17-27(30)16-21-9-11-26(28)12-10-21/h2-12,15,27,29H,13-14,16-19H2,1H3. The third-order valence-corrected chi connectivity index (χ3v) is 6.09. The maximum Gasteiger partial charge on any atom is 0.159 e. The molecule has 0 amide bonds. The second-order valence-electron chi connectivity index (χ2n) is 8.36. The summed E-state index contributed by atoms with van der Waals surface area (Å²) in [6.07, 6.45) is 1.92. The SMILES string of the molecule is CC(=O)c1cccc(CNCCN2Cc3ccccc3CC2Cc2ccc(F)cc2)c1. The van der Waals surface area contributed by atoms with Gasteiger partial charge in [0.15, 0.2) is 5.78 Å². The Morgan fingerprint density at radius 3 is 2.55 bits per heavy atom. The molecule has 1 atom stereocenters. The van der Waals surface area contributed by atoms with E-state index in [1.54, 1.807) is 19.1 Å². The van der Waals surface area contributed by atoms with Crippen LogP contribution in [0.5, 0.6) is 0 Å². The van der Waals surface area contributed by atoms with Crippen LogP contribution in [0.3, 0.4) is 0 Å². The first-order valence-electron chi connectivity index (χ1n) is 10.9. The van der Waals surface area contributed by atoms with Gasteiger partial charge in [0.25, 0.3) is 0 Å². The molecule has 3 aromatic rings. The van der Waals surface area contributed by atoms with E-state index in [4.69, 9.17) is 0 Å². The molecule has 1 aliphatic rings. The quantitative estimate of drug-likeness (QED) is 0.423. The number of nitrogens with one attached hydrogen (secondary N) is 1. The molecule has 1 N–H and O–H groups in total. The largest absolute Gasteiger partial charge is 0.311 e. The number of benzene rings is 3. The van der Waals surface area contributed by atoms with E-state index in [1.807, 2.05) is 36.4 Å². The predicted octanol–water partition coefficient (Wildman–Crippen LogP) is 4.79. The van der Waals surface area contributed by atoms with Gasteiger partial charge in [-0.15, -0.1) is 0 Å². The number of carbonyl (C=O) groups is 1. The zero-order chi connectivity index (χ0) is 21.6. The van der Waals surface area contributed by atoms with Crippen molar-refractivity contribution < 1.29 is 9.18 Å². The molecule has 0 spiro atoms. The van der Waals surface area contributed by atoms with Gasteiger partial charge in [0.2, 0.25) is 0 Å². The van der Waals surface area contributed by atoms with Crippen LogP contribution in [0.1, 0.15) is 39.5 Å². The second kappa shape index (κ2) is 9.99. The molecule has 4 rings (SSSR count). The highest BCUT2D eigenvalue weighted by atomic mass is 19.1. The molecule has 1 unspecified atom stereocenters. The van der Waals surface area contributed by atoms with Crippen LogP contribution in [0.4, 0.5) is 4.39 Å². The number of nitrogens with zero attached hydrogens (tertiary/aromatic N) is 1. The lowest BCUT2D eigenvalue weighted by molar-refractivity contribution is 0.101. The molecule has 0 bridgehead atoms. The highest BCUT2D eigenvalue weighted by Gasteiger charge is 2.25. The molecule has 0 fully saturated rings.